The summed E-state index contributed by atoms with van der Waals surface area (Å²) in [5.41, 5.74) is -0.491. The molecule has 15 heavy (non-hydrogen) atoms. The number of carbonyl (C=O) groups is 2. The van der Waals surface area contributed by atoms with Crippen LogP contribution in [0, 0.1) is 5.82 Å². The molecule has 0 radical (unpaired) electrons. The zero-order valence-corrected chi connectivity index (χ0v) is 8.68. The van der Waals surface area contributed by atoms with Crippen molar-refractivity contribution < 1.29 is 18.7 Å². The molecule has 0 aliphatic carbocycles. The summed E-state index contributed by atoms with van der Waals surface area (Å²) in [6.45, 7) is 1.75. The maximum atomic E-state index is 13.2. The van der Waals surface area contributed by atoms with Crippen LogP contribution in [0.1, 0.15) is 27.6 Å². The van der Waals surface area contributed by atoms with Crippen molar-refractivity contribution in [2.45, 2.75) is 6.92 Å². The van der Waals surface area contributed by atoms with Gasteiger partial charge in [0.25, 0.3) is 0 Å². The molecule has 5 heteroatoms. The summed E-state index contributed by atoms with van der Waals surface area (Å²) in [6, 6.07) is 2.17. The maximum absolute atomic E-state index is 13.2. The molecule has 1 rings (SSSR count). The van der Waals surface area contributed by atoms with Crippen molar-refractivity contribution in [1.29, 1.82) is 0 Å². The second kappa shape index (κ2) is 4.89. The van der Waals surface area contributed by atoms with Crippen molar-refractivity contribution in [3.63, 3.8) is 0 Å². The van der Waals surface area contributed by atoms with E-state index in [0.29, 0.717) is 0 Å². The van der Waals surface area contributed by atoms with Gasteiger partial charge in [-0.1, -0.05) is 11.6 Å². The molecule has 0 spiro atoms. The summed E-state index contributed by atoms with van der Waals surface area (Å²) in [4.78, 5) is 21.9. The molecule has 0 unspecified atom stereocenters. The molecule has 0 heterocycles. The Morgan fingerprint density at radius 2 is 2.27 bits per heavy atom. The van der Waals surface area contributed by atoms with Gasteiger partial charge in [0.2, 0.25) is 0 Å². The predicted molar refractivity (Wildman–Crippen MR) is 52.8 cm³/mol. The Hall–Kier alpha value is -1.42. The number of hydrogen-bond donors (Lipinski definition) is 0. The van der Waals surface area contributed by atoms with Crippen LogP contribution in [0.15, 0.2) is 12.1 Å². The zero-order valence-electron chi connectivity index (χ0n) is 7.92. The van der Waals surface area contributed by atoms with E-state index >= 15 is 0 Å². The fourth-order valence-electron chi connectivity index (χ4n) is 1.08. The molecule has 0 fully saturated rings. The highest BCUT2D eigenvalue weighted by atomic mass is 35.5. The number of halogens is 2. The number of aldehydes is 1. The van der Waals surface area contributed by atoms with Crippen LogP contribution < -0.4 is 0 Å². The smallest absolute Gasteiger partial charge is 0.339 e. The molecule has 3 nitrogen and oxygen atoms in total. The molecular formula is C10H8ClFO3. The fraction of sp³-hybridized carbons (Fsp3) is 0.200. The molecule has 0 aliphatic heterocycles. The summed E-state index contributed by atoms with van der Waals surface area (Å²) in [6.07, 6.45) is 0.262. The van der Waals surface area contributed by atoms with Gasteiger partial charge in [0.15, 0.2) is 6.29 Å². The van der Waals surface area contributed by atoms with E-state index in [1.165, 1.54) is 6.07 Å². The zero-order chi connectivity index (χ0) is 11.4. The highest BCUT2D eigenvalue weighted by Gasteiger charge is 2.17. The van der Waals surface area contributed by atoms with Crippen LogP contribution in [0.5, 0.6) is 0 Å². The molecule has 0 aromatic heterocycles. The van der Waals surface area contributed by atoms with Crippen LogP contribution >= 0.6 is 11.6 Å². The molecule has 1 aromatic carbocycles. The fourth-order valence-corrected chi connectivity index (χ4v) is 1.29. The van der Waals surface area contributed by atoms with Crippen molar-refractivity contribution in [2.75, 3.05) is 6.61 Å². The summed E-state index contributed by atoms with van der Waals surface area (Å²) in [5.74, 6) is -1.60. The van der Waals surface area contributed by atoms with E-state index in [4.69, 9.17) is 11.6 Å². The van der Waals surface area contributed by atoms with Crippen LogP contribution in [-0.4, -0.2) is 18.9 Å². The third-order valence-corrected chi connectivity index (χ3v) is 1.93. The maximum Gasteiger partial charge on any atom is 0.339 e. The molecule has 0 amide bonds. The highest BCUT2D eigenvalue weighted by molar-refractivity contribution is 6.31. The van der Waals surface area contributed by atoms with Crippen LogP contribution in [0.25, 0.3) is 0 Å². The average Bonchev–Trinajstić information content (AvgIpc) is 2.17. The van der Waals surface area contributed by atoms with Crippen LogP contribution in [0.2, 0.25) is 5.02 Å². The molecule has 0 aliphatic rings. The van der Waals surface area contributed by atoms with Gasteiger partial charge in [-0.3, -0.25) is 4.79 Å². The van der Waals surface area contributed by atoms with Crippen molar-refractivity contribution >= 4 is 23.9 Å². The predicted octanol–water partition coefficient (Wildman–Crippen LogP) is 2.47. The van der Waals surface area contributed by atoms with Crippen LogP contribution in [0.3, 0.4) is 0 Å². The minimum Gasteiger partial charge on any atom is -0.462 e. The molecule has 0 saturated heterocycles. The third-order valence-electron chi connectivity index (χ3n) is 1.71. The van der Waals surface area contributed by atoms with Gasteiger partial charge in [0.05, 0.1) is 17.7 Å². The minimum absolute atomic E-state index is 0.0427. The van der Waals surface area contributed by atoms with Crippen molar-refractivity contribution in [3.05, 3.63) is 34.1 Å². The van der Waals surface area contributed by atoms with E-state index in [1.807, 2.05) is 0 Å². The van der Waals surface area contributed by atoms with E-state index in [9.17, 15) is 14.0 Å². The number of carbonyl (C=O) groups excluding carboxylic acids is 2. The summed E-state index contributed by atoms with van der Waals surface area (Å²) < 4.78 is 17.8. The standard InChI is InChI=1S/C10H8ClFO3/c1-2-15-10(14)7-3-6(11)4-9(12)8(7)5-13/h3-5H,2H2,1H3. The number of hydrogen-bond acceptors (Lipinski definition) is 3. The van der Waals surface area contributed by atoms with Gasteiger partial charge in [-0.15, -0.1) is 0 Å². The molecule has 0 bridgehead atoms. The van der Waals surface area contributed by atoms with Gasteiger partial charge in [0.1, 0.15) is 5.82 Å². The van der Waals surface area contributed by atoms with Gasteiger partial charge in [-0.25, -0.2) is 9.18 Å². The first-order valence-corrected chi connectivity index (χ1v) is 4.59. The lowest BCUT2D eigenvalue weighted by Crippen LogP contribution is -2.09. The van der Waals surface area contributed by atoms with Gasteiger partial charge in [-0.05, 0) is 19.1 Å². The van der Waals surface area contributed by atoms with Gasteiger partial charge < -0.3 is 4.74 Å². The molecule has 0 saturated carbocycles. The Bertz CT molecular complexity index is 404. The molecule has 80 valence electrons. The second-order valence-electron chi connectivity index (χ2n) is 2.69. The Kier molecular flexibility index (Phi) is 3.80. The minimum atomic E-state index is -0.833. The largest absolute Gasteiger partial charge is 0.462 e. The van der Waals surface area contributed by atoms with E-state index in [0.717, 1.165) is 6.07 Å². The normalized spacial score (nSPS) is 9.80. The van der Waals surface area contributed by atoms with Gasteiger partial charge in [-0.2, -0.15) is 0 Å². The number of esters is 1. The van der Waals surface area contributed by atoms with E-state index in [1.54, 1.807) is 6.92 Å². The number of benzene rings is 1. The number of rotatable bonds is 3. The van der Waals surface area contributed by atoms with Crippen molar-refractivity contribution in [1.82, 2.24) is 0 Å². The highest BCUT2D eigenvalue weighted by Crippen LogP contribution is 2.19. The summed E-state index contributed by atoms with van der Waals surface area (Å²) in [7, 11) is 0. The first-order valence-electron chi connectivity index (χ1n) is 4.21. The lowest BCUT2D eigenvalue weighted by Gasteiger charge is -2.05. The van der Waals surface area contributed by atoms with E-state index in [2.05, 4.69) is 4.74 Å². The van der Waals surface area contributed by atoms with E-state index < -0.39 is 11.8 Å². The molecule has 1 aromatic rings. The first-order chi connectivity index (χ1) is 7.10. The Morgan fingerprint density at radius 1 is 1.60 bits per heavy atom. The van der Waals surface area contributed by atoms with Gasteiger partial charge in [0, 0.05) is 5.02 Å². The quantitative estimate of drug-likeness (QED) is 0.592. The Labute approximate surface area is 90.8 Å². The summed E-state index contributed by atoms with van der Waals surface area (Å²) in [5, 5.41) is 0.0427. The monoisotopic (exact) mass is 230 g/mol. The van der Waals surface area contributed by atoms with E-state index in [-0.39, 0.29) is 29.0 Å². The van der Waals surface area contributed by atoms with Crippen LogP contribution in [-0.2, 0) is 4.74 Å². The molecular weight excluding hydrogens is 223 g/mol. The van der Waals surface area contributed by atoms with Crippen molar-refractivity contribution in [3.8, 4) is 0 Å². The summed E-state index contributed by atoms with van der Waals surface area (Å²) >= 11 is 5.56. The second-order valence-corrected chi connectivity index (χ2v) is 3.12. The average molecular weight is 231 g/mol. The molecule has 0 atom stereocenters. The third kappa shape index (κ3) is 2.53. The lowest BCUT2D eigenvalue weighted by atomic mass is 10.1. The number of ether oxygens (including phenoxy) is 1. The first kappa shape index (κ1) is 11.7. The van der Waals surface area contributed by atoms with Crippen molar-refractivity contribution in [2.24, 2.45) is 0 Å². The Balaban J connectivity index is 3.26. The SMILES string of the molecule is CCOC(=O)c1cc(Cl)cc(F)c1C=O. The lowest BCUT2D eigenvalue weighted by molar-refractivity contribution is 0.0523. The van der Waals surface area contributed by atoms with Crippen LogP contribution in [0.4, 0.5) is 4.39 Å². The Morgan fingerprint density at radius 3 is 2.80 bits per heavy atom. The topological polar surface area (TPSA) is 43.4 Å². The molecule has 0 N–H and O–H groups in total. The van der Waals surface area contributed by atoms with Gasteiger partial charge >= 0.3 is 5.97 Å².